The maximum Gasteiger partial charge on any atom is 0.201 e. The van der Waals surface area contributed by atoms with Crippen molar-refractivity contribution in [3.63, 3.8) is 0 Å². The minimum absolute atomic E-state index is 0.701. The van der Waals surface area contributed by atoms with Gasteiger partial charge in [0.15, 0.2) is 0 Å². The topological polar surface area (TPSA) is 41.5 Å². The number of methoxy groups -OCH3 is 1. The zero-order chi connectivity index (χ0) is 7.11. The first-order valence-corrected chi connectivity index (χ1v) is 4.84. The van der Waals surface area contributed by atoms with E-state index in [-0.39, 0.29) is 0 Å². The molecule has 0 aromatic rings. The van der Waals surface area contributed by atoms with Crippen LogP contribution < -0.4 is 5.09 Å². The molecule has 0 saturated carbocycles. The van der Waals surface area contributed by atoms with Gasteiger partial charge in [0.2, 0.25) is 7.65 Å². The van der Waals surface area contributed by atoms with Gasteiger partial charge >= 0.3 is 0 Å². The fraction of sp³-hybridized carbons (Fsp3) is 1.00. The molecule has 0 bridgehead atoms. The van der Waals surface area contributed by atoms with Crippen molar-refractivity contribution >= 4 is 18.9 Å². The normalized spacial score (nSPS) is 13.7. The number of nitrogens with one attached hydrogen (secondary N) is 1. The third-order valence-electron chi connectivity index (χ3n) is 0.768. The van der Waals surface area contributed by atoms with E-state index in [0.29, 0.717) is 13.2 Å². The molecule has 1 atom stereocenters. The van der Waals surface area contributed by atoms with Gasteiger partial charge < -0.3 is 9.63 Å². The van der Waals surface area contributed by atoms with Crippen LogP contribution in [0.1, 0.15) is 6.42 Å². The van der Waals surface area contributed by atoms with E-state index >= 15 is 0 Å². The summed E-state index contributed by atoms with van der Waals surface area (Å²) in [4.78, 5) is 8.53. The zero-order valence-electron chi connectivity index (χ0n) is 5.30. The molecule has 0 aliphatic carbocycles. The predicted molar refractivity (Wildman–Crippen MR) is 39.5 cm³/mol. The molecule has 0 radical (unpaired) electrons. The highest BCUT2D eigenvalue weighted by Gasteiger charge is 1.94. The summed E-state index contributed by atoms with van der Waals surface area (Å²) in [5.41, 5.74) is 0. The first-order chi connectivity index (χ1) is 4.27. The Kier molecular flexibility index (Phi) is 7.16. The van der Waals surface area contributed by atoms with Crippen LogP contribution in [-0.4, -0.2) is 25.2 Å². The third kappa shape index (κ3) is 8.60. The van der Waals surface area contributed by atoms with Crippen molar-refractivity contribution in [1.29, 1.82) is 0 Å². The molecule has 0 fully saturated rings. The number of halogens is 1. The van der Waals surface area contributed by atoms with Gasteiger partial charge in [-0.2, -0.15) is 0 Å². The number of hydrogen-bond acceptors (Lipinski definition) is 3. The van der Waals surface area contributed by atoms with E-state index in [1.807, 2.05) is 0 Å². The van der Waals surface area contributed by atoms with Crippen molar-refractivity contribution in [2.45, 2.75) is 6.42 Å². The minimum atomic E-state index is -1.45. The summed E-state index contributed by atoms with van der Waals surface area (Å²) in [6, 6.07) is 0. The van der Waals surface area contributed by atoms with E-state index in [2.05, 4.69) is 5.09 Å². The average Bonchev–Trinajstić information content (AvgIpc) is 1.80. The lowest BCUT2D eigenvalue weighted by atomic mass is 10.5. The van der Waals surface area contributed by atoms with E-state index in [1.165, 1.54) is 0 Å². The van der Waals surface area contributed by atoms with E-state index in [0.717, 1.165) is 6.42 Å². The van der Waals surface area contributed by atoms with Crippen LogP contribution in [0.4, 0.5) is 0 Å². The molecule has 5 heteroatoms. The molecule has 0 aromatic heterocycles. The van der Waals surface area contributed by atoms with Crippen LogP contribution in [0.2, 0.25) is 0 Å². The molecule has 0 heterocycles. The molecular weight excluding hydrogens is 160 g/mol. The zero-order valence-corrected chi connectivity index (χ0v) is 6.95. The Bertz CT molecular complexity index is 64.5. The van der Waals surface area contributed by atoms with Crippen LogP contribution in [0.5, 0.6) is 0 Å². The molecule has 0 spiro atoms. The van der Waals surface area contributed by atoms with Gasteiger partial charge in [0.1, 0.15) is 0 Å². The highest BCUT2D eigenvalue weighted by atomic mass is 35.7. The first-order valence-electron chi connectivity index (χ1n) is 2.64. The quantitative estimate of drug-likeness (QED) is 0.480. The predicted octanol–water partition coefficient (Wildman–Crippen LogP) is 1.07. The summed E-state index contributed by atoms with van der Waals surface area (Å²) in [5.74, 6) is 0. The smallest absolute Gasteiger partial charge is 0.201 e. The van der Waals surface area contributed by atoms with Gasteiger partial charge in [0, 0.05) is 20.3 Å². The first kappa shape index (κ1) is 9.60. The summed E-state index contributed by atoms with van der Waals surface area (Å²) < 4.78 is 4.77. The number of hydrogen-bond donors (Lipinski definition) is 2. The second-order valence-corrected chi connectivity index (χ2v) is 3.31. The Morgan fingerprint density at radius 1 is 1.78 bits per heavy atom. The lowest BCUT2D eigenvalue weighted by Gasteiger charge is -2.02. The molecule has 0 saturated heterocycles. The number of rotatable bonds is 5. The molecule has 0 amide bonds. The van der Waals surface area contributed by atoms with E-state index in [4.69, 9.17) is 20.9 Å². The molecule has 0 rings (SSSR count). The Hall–Kier alpha value is 0.600. The molecule has 1 unspecified atom stereocenters. The van der Waals surface area contributed by atoms with Crippen LogP contribution in [0, 0.1) is 0 Å². The van der Waals surface area contributed by atoms with Crippen LogP contribution in [-0.2, 0) is 4.74 Å². The van der Waals surface area contributed by atoms with E-state index in [1.54, 1.807) is 7.11 Å². The van der Waals surface area contributed by atoms with Gasteiger partial charge in [-0.05, 0) is 17.7 Å². The van der Waals surface area contributed by atoms with E-state index in [9.17, 15) is 0 Å². The highest BCUT2D eigenvalue weighted by molar-refractivity contribution is 7.77. The molecule has 56 valence electrons. The van der Waals surface area contributed by atoms with E-state index < -0.39 is 7.65 Å². The second kappa shape index (κ2) is 6.72. The van der Waals surface area contributed by atoms with Crippen molar-refractivity contribution in [1.82, 2.24) is 5.09 Å². The fourth-order valence-corrected chi connectivity index (χ4v) is 0.984. The Labute approximate surface area is 61.0 Å². The standard InChI is InChI=1S/C4H11ClNO2P/c1-8-4-2-3-6-9(5)7/h6-7H,2-4H2,1H3. The SMILES string of the molecule is COCCCNP(O)Cl. The highest BCUT2D eigenvalue weighted by Crippen LogP contribution is 2.29. The van der Waals surface area contributed by atoms with Gasteiger partial charge in [-0.25, -0.2) is 0 Å². The van der Waals surface area contributed by atoms with Crippen LogP contribution in [0.25, 0.3) is 0 Å². The molecule has 2 N–H and O–H groups in total. The lowest BCUT2D eigenvalue weighted by molar-refractivity contribution is 0.196. The summed E-state index contributed by atoms with van der Waals surface area (Å²) in [7, 11) is 0.191. The lowest BCUT2D eigenvalue weighted by Crippen LogP contribution is -2.08. The Morgan fingerprint density at radius 2 is 2.44 bits per heavy atom. The molecule has 9 heavy (non-hydrogen) atoms. The minimum Gasteiger partial charge on any atom is -0.385 e. The molecule has 3 nitrogen and oxygen atoms in total. The van der Waals surface area contributed by atoms with Crippen molar-refractivity contribution < 1.29 is 9.63 Å². The largest absolute Gasteiger partial charge is 0.385 e. The van der Waals surface area contributed by atoms with Gasteiger partial charge in [0.25, 0.3) is 0 Å². The molecule has 0 aromatic carbocycles. The van der Waals surface area contributed by atoms with Crippen LogP contribution >= 0.6 is 18.9 Å². The van der Waals surface area contributed by atoms with Gasteiger partial charge in [-0.15, -0.1) is 0 Å². The Morgan fingerprint density at radius 3 is 2.89 bits per heavy atom. The Balaban J connectivity index is 2.75. The van der Waals surface area contributed by atoms with Gasteiger partial charge in [-0.3, -0.25) is 5.09 Å². The average molecular weight is 172 g/mol. The summed E-state index contributed by atoms with van der Waals surface area (Å²) >= 11 is 5.23. The maximum atomic E-state index is 8.53. The number of ether oxygens (including phenoxy) is 1. The summed E-state index contributed by atoms with van der Waals surface area (Å²) in [6.07, 6.45) is 0.878. The fourth-order valence-electron chi connectivity index (χ4n) is 0.388. The molecular formula is C4H11ClNO2P. The molecule has 0 aliphatic heterocycles. The molecule has 0 aliphatic rings. The van der Waals surface area contributed by atoms with Crippen molar-refractivity contribution in [3.8, 4) is 0 Å². The summed E-state index contributed by atoms with van der Waals surface area (Å²) in [6.45, 7) is 1.41. The van der Waals surface area contributed by atoms with Gasteiger partial charge in [0.05, 0.1) is 0 Å². The van der Waals surface area contributed by atoms with Crippen LogP contribution in [0.15, 0.2) is 0 Å². The third-order valence-corrected chi connectivity index (χ3v) is 1.61. The monoisotopic (exact) mass is 171 g/mol. The maximum absolute atomic E-state index is 8.53. The van der Waals surface area contributed by atoms with Gasteiger partial charge in [-0.1, -0.05) is 0 Å². The second-order valence-electron chi connectivity index (χ2n) is 1.51. The van der Waals surface area contributed by atoms with Crippen molar-refractivity contribution in [3.05, 3.63) is 0 Å². The van der Waals surface area contributed by atoms with Crippen LogP contribution in [0.3, 0.4) is 0 Å². The van der Waals surface area contributed by atoms with Crippen molar-refractivity contribution in [2.75, 3.05) is 20.3 Å². The van der Waals surface area contributed by atoms with Crippen molar-refractivity contribution in [2.24, 2.45) is 0 Å². The summed E-state index contributed by atoms with van der Waals surface area (Å²) in [5, 5.41) is 2.69.